The van der Waals surface area contributed by atoms with Crippen LogP contribution in [0.5, 0.6) is 5.75 Å². The molecule has 2 rings (SSSR count). The first kappa shape index (κ1) is 22.9. The average Bonchev–Trinajstić information content (AvgIpc) is 2.70. The number of nitrogens with one attached hydrogen (secondary N) is 3. The topological polar surface area (TPSA) is 99.8 Å². The second-order valence-electron chi connectivity index (χ2n) is 7.02. The van der Waals surface area contributed by atoms with Crippen molar-refractivity contribution in [2.45, 2.75) is 13.8 Å². The summed E-state index contributed by atoms with van der Waals surface area (Å²) in [4.78, 5) is 37.8. The maximum absolute atomic E-state index is 12.1. The number of hydrogen-bond donors (Lipinski definition) is 3. The predicted octanol–water partition coefficient (Wildman–Crippen LogP) is 1.94. The Balaban J connectivity index is 1.72. The molecule has 0 saturated carbocycles. The largest absolute Gasteiger partial charge is 0.497 e. The summed E-state index contributed by atoms with van der Waals surface area (Å²) < 4.78 is 5.07. The van der Waals surface area contributed by atoms with Crippen LogP contribution in [0.15, 0.2) is 42.5 Å². The van der Waals surface area contributed by atoms with Crippen molar-refractivity contribution in [3.05, 3.63) is 53.6 Å². The van der Waals surface area contributed by atoms with Gasteiger partial charge in [-0.25, -0.2) is 0 Å². The van der Waals surface area contributed by atoms with E-state index in [0.29, 0.717) is 11.4 Å². The predicted molar refractivity (Wildman–Crippen MR) is 117 cm³/mol. The fourth-order valence-corrected chi connectivity index (χ4v) is 2.74. The van der Waals surface area contributed by atoms with Crippen LogP contribution in [-0.2, 0) is 14.4 Å². The summed E-state index contributed by atoms with van der Waals surface area (Å²) in [5.41, 5.74) is 3.43. The molecule has 0 saturated heterocycles. The Morgan fingerprint density at radius 3 is 2.23 bits per heavy atom. The molecule has 0 heterocycles. The van der Waals surface area contributed by atoms with E-state index in [-0.39, 0.29) is 37.4 Å². The molecule has 8 nitrogen and oxygen atoms in total. The van der Waals surface area contributed by atoms with Gasteiger partial charge in [-0.2, -0.15) is 0 Å². The summed E-state index contributed by atoms with van der Waals surface area (Å²) in [6.07, 6.45) is 0. The monoisotopic (exact) mass is 412 g/mol. The molecule has 0 atom stereocenters. The van der Waals surface area contributed by atoms with Crippen LogP contribution in [0.4, 0.5) is 11.4 Å². The Morgan fingerprint density at radius 1 is 0.900 bits per heavy atom. The third-order valence-corrected chi connectivity index (χ3v) is 4.53. The number of carbonyl (C=O) groups excluding carboxylic acids is 3. The van der Waals surface area contributed by atoms with Crippen LogP contribution < -0.4 is 20.7 Å². The molecule has 0 bridgehead atoms. The summed E-state index contributed by atoms with van der Waals surface area (Å²) in [6, 6.07) is 12.6. The minimum atomic E-state index is -0.342. The first-order valence-corrected chi connectivity index (χ1v) is 9.53. The van der Waals surface area contributed by atoms with Crippen molar-refractivity contribution >= 4 is 29.1 Å². The minimum absolute atomic E-state index is 0.00716. The number of ether oxygens (including phenoxy) is 1. The van der Waals surface area contributed by atoms with Crippen molar-refractivity contribution in [3.8, 4) is 5.75 Å². The third-order valence-electron chi connectivity index (χ3n) is 4.53. The number of benzene rings is 2. The van der Waals surface area contributed by atoms with Gasteiger partial charge in [-0.05, 0) is 62.4 Å². The Bertz CT molecular complexity index is 897. The second kappa shape index (κ2) is 11.0. The number of rotatable bonds is 9. The van der Waals surface area contributed by atoms with Crippen molar-refractivity contribution in [2.75, 3.05) is 44.4 Å². The highest BCUT2D eigenvalue weighted by Gasteiger charge is 2.13. The quantitative estimate of drug-likeness (QED) is 0.585. The van der Waals surface area contributed by atoms with Crippen LogP contribution in [0.3, 0.4) is 0 Å². The number of anilines is 2. The number of likely N-dealkylation sites (N-methyl/N-ethyl adjacent to an activating group) is 1. The van der Waals surface area contributed by atoms with Gasteiger partial charge < -0.3 is 20.7 Å². The van der Waals surface area contributed by atoms with Crippen LogP contribution >= 0.6 is 0 Å². The Morgan fingerprint density at radius 2 is 1.57 bits per heavy atom. The Hall–Kier alpha value is -3.39. The van der Waals surface area contributed by atoms with E-state index in [1.807, 2.05) is 32.0 Å². The van der Waals surface area contributed by atoms with Crippen molar-refractivity contribution in [1.82, 2.24) is 10.2 Å². The van der Waals surface area contributed by atoms with Crippen molar-refractivity contribution < 1.29 is 19.1 Å². The summed E-state index contributed by atoms with van der Waals surface area (Å²) >= 11 is 0. The van der Waals surface area contributed by atoms with E-state index in [2.05, 4.69) is 16.0 Å². The highest BCUT2D eigenvalue weighted by Crippen LogP contribution is 2.17. The lowest BCUT2D eigenvalue weighted by atomic mass is 10.1. The number of aryl methyl sites for hydroxylation is 1. The number of amides is 3. The number of hydrogen-bond acceptors (Lipinski definition) is 5. The van der Waals surface area contributed by atoms with Crippen molar-refractivity contribution in [2.24, 2.45) is 0 Å². The molecule has 0 radical (unpaired) electrons. The molecular formula is C22H28N4O4. The van der Waals surface area contributed by atoms with Crippen molar-refractivity contribution in [3.63, 3.8) is 0 Å². The van der Waals surface area contributed by atoms with E-state index in [4.69, 9.17) is 4.74 Å². The Kier molecular flexibility index (Phi) is 8.37. The molecule has 2 aromatic rings. The molecule has 0 aliphatic rings. The van der Waals surface area contributed by atoms with Gasteiger partial charge in [0.1, 0.15) is 5.75 Å². The van der Waals surface area contributed by atoms with Crippen molar-refractivity contribution in [1.29, 1.82) is 0 Å². The van der Waals surface area contributed by atoms with Gasteiger partial charge in [0.05, 0.1) is 26.7 Å². The van der Waals surface area contributed by atoms with Gasteiger partial charge in [0.15, 0.2) is 0 Å². The summed E-state index contributed by atoms with van der Waals surface area (Å²) in [5, 5.41) is 8.10. The molecule has 2 aromatic carbocycles. The molecule has 0 unspecified atom stereocenters. The fourth-order valence-electron chi connectivity index (χ4n) is 2.74. The second-order valence-corrected chi connectivity index (χ2v) is 7.02. The number of carbonyl (C=O) groups is 3. The maximum atomic E-state index is 12.1. The van der Waals surface area contributed by atoms with E-state index in [0.717, 1.165) is 16.8 Å². The lowest BCUT2D eigenvalue weighted by molar-refractivity contribution is -0.125. The van der Waals surface area contributed by atoms with Gasteiger partial charge in [0, 0.05) is 11.4 Å². The molecule has 30 heavy (non-hydrogen) atoms. The molecule has 0 spiro atoms. The van der Waals surface area contributed by atoms with Crippen LogP contribution in [-0.4, -0.2) is 56.4 Å². The minimum Gasteiger partial charge on any atom is -0.497 e. The maximum Gasteiger partial charge on any atom is 0.243 e. The van der Waals surface area contributed by atoms with E-state index < -0.39 is 0 Å². The SMILES string of the molecule is COc1ccc(NC(=O)CN(C)CC(=O)NCC(=O)Nc2cccc(C)c2C)cc1. The van der Waals surface area contributed by atoms with E-state index >= 15 is 0 Å². The molecular weight excluding hydrogens is 384 g/mol. The zero-order valence-electron chi connectivity index (χ0n) is 17.7. The van der Waals surface area contributed by atoms with E-state index in [9.17, 15) is 14.4 Å². The van der Waals surface area contributed by atoms with Gasteiger partial charge in [-0.3, -0.25) is 19.3 Å². The van der Waals surface area contributed by atoms with E-state index in [1.54, 1.807) is 43.3 Å². The fraction of sp³-hybridized carbons (Fsp3) is 0.318. The summed E-state index contributed by atoms with van der Waals surface area (Å²) in [6.45, 7) is 3.78. The first-order chi connectivity index (χ1) is 14.3. The average molecular weight is 412 g/mol. The highest BCUT2D eigenvalue weighted by atomic mass is 16.5. The molecule has 0 aliphatic carbocycles. The number of nitrogens with zero attached hydrogens (tertiary/aromatic N) is 1. The lowest BCUT2D eigenvalue weighted by Gasteiger charge is -2.16. The molecule has 160 valence electrons. The van der Waals surface area contributed by atoms with Crippen LogP contribution in [0, 0.1) is 13.8 Å². The lowest BCUT2D eigenvalue weighted by Crippen LogP contribution is -2.41. The molecule has 8 heteroatoms. The number of methoxy groups -OCH3 is 1. The summed E-state index contributed by atoms with van der Waals surface area (Å²) in [7, 11) is 3.23. The smallest absolute Gasteiger partial charge is 0.243 e. The van der Waals surface area contributed by atoms with Gasteiger partial charge in [-0.1, -0.05) is 12.1 Å². The zero-order chi connectivity index (χ0) is 22.1. The van der Waals surface area contributed by atoms with Crippen LogP contribution in [0.2, 0.25) is 0 Å². The molecule has 3 amide bonds. The molecule has 3 N–H and O–H groups in total. The normalized spacial score (nSPS) is 10.4. The van der Waals surface area contributed by atoms with Crippen LogP contribution in [0.1, 0.15) is 11.1 Å². The third kappa shape index (κ3) is 7.21. The molecule has 0 aromatic heterocycles. The standard InChI is InChI=1S/C22H28N4O4/c1-15-6-5-7-19(16(15)2)25-20(27)12-23-21(28)13-26(3)14-22(29)24-17-8-10-18(30-4)11-9-17/h5-11H,12-14H2,1-4H3,(H,23,28)(H,24,29)(H,25,27). The first-order valence-electron chi connectivity index (χ1n) is 9.53. The van der Waals surface area contributed by atoms with Gasteiger partial charge in [0.25, 0.3) is 0 Å². The highest BCUT2D eigenvalue weighted by molar-refractivity contribution is 5.96. The van der Waals surface area contributed by atoms with Gasteiger partial charge >= 0.3 is 0 Å². The zero-order valence-corrected chi connectivity index (χ0v) is 17.7. The van der Waals surface area contributed by atoms with E-state index in [1.165, 1.54) is 0 Å². The molecule has 0 fully saturated rings. The van der Waals surface area contributed by atoms with Gasteiger partial charge in [0.2, 0.25) is 17.7 Å². The van der Waals surface area contributed by atoms with Crippen LogP contribution in [0.25, 0.3) is 0 Å². The Labute approximate surface area is 176 Å². The van der Waals surface area contributed by atoms with Gasteiger partial charge in [-0.15, -0.1) is 0 Å². The summed E-state index contributed by atoms with van der Waals surface area (Å²) in [5.74, 6) is -0.200. The molecule has 0 aliphatic heterocycles.